The Hall–Kier alpha value is -6.78. The lowest BCUT2D eigenvalue weighted by molar-refractivity contribution is 0.0888. The van der Waals surface area contributed by atoms with Crippen molar-refractivity contribution in [3.63, 3.8) is 0 Å². The van der Waals surface area contributed by atoms with Crippen molar-refractivity contribution in [1.82, 2.24) is 69.5 Å². The molecule has 384 valence electrons. The van der Waals surface area contributed by atoms with Crippen molar-refractivity contribution in [2.45, 2.75) is 71.2 Å². The van der Waals surface area contributed by atoms with Crippen molar-refractivity contribution < 1.29 is 14.3 Å². The van der Waals surface area contributed by atoms with Gasteiger partial charge in [0.15, 0.2) is 11.3 Å². The number of nitrogens with one attached hydrogen (secondary N) is 3. The van der Waals surface area contributed by atoms with Crippen molar-refractivity contribution in [3.8, 4) is 34.9 Å². The van der Waals surface area contributed by atoms with Crippen molar-refractivity contribution in [1.29, 1.82) is 10.5 Å². The standard InChI is InChI=1S/C29H37ClN8O2Si.C23H23ClN8O/c1-19(15-37-9-8-20(13-31)16-37)33-29(39)23-17-38(18-40-10-11-41(3,4)5)28-27(23)34-24(14-32-28)26-22-7-6-21(30)12-25(22)36(2)35-26;1-13(11-32-6-5-14(8-25)12-32)28-23(33)17-9-26-22-21(17)29-18(10-27-22)20-16-4-3-15(24)7-19(16)31(2)30-20/h6-7,12,14,17,19-20H,8-11,15-16,18H2,1-5H3,(H,33,39);3-4,7,9-10,13-14H,5-6,11-12H2,1-2H3,(H,26,27)(H,28,33). The third-order valence-electron chi connectivity index (χ3n) is 13.5. The lowest BCUT2D eigenvalue weighted by atomic mass is 10.1. The molecule has 19 nitrogen and oxygen atoms in total. The summed E-state index contributed by atoms with van der Waals surface area (Å²) >= 11 is 12.4. The van der Waals surface area contributed by atoms with E-state index in [0.29, 0.717) is 86.0 Å². The van der Waals surface area contributed by atoms with Gasteiger partial charge in [0, 0.05) is 100 Å². The zero-order chi connectivity index (χ0) is 52.4. The number of benzene rings is 2. The number of ether oxygens (including phenoxy) is 1. The number of likely N-dealkylation sites (tertiary alicyclic amines) is 2. The van der Waals surface area contributed by atoms with E-state index in [2.05, 4.69) is 67.3 Å². The predicted molar refractivity (Wildman–Crippen MR) is 289 cm³/mol. The van der Waals surface area contributed by atoms with Gasteiger partial charge in [-0.05, 0) is 82.2 Å². The quantitative estimate of drug-likeness (QED) is 0.0653. The number of aromatic amines is 1. The number of nitrogens with zero attached hydrogens (tertiary/aromatic N) is 13. The highest BCUT2D eigenvalue weighted by Gasteiger charge is 2.28. The lowest BCUT2D eigenvalue weighted by Crippen LogP contribution is -2.41. The highest BCUT2D eigenvalue weighted by Crippen LogP contribution is 2.32. The number of fused-ring (bicyclic) bond motifs is 4. The van der Waals surface area contributed by atoms with E-state index in [0.717, 1.165) is 66.9 Å². The normalized spacial score (nSPS) is 17.1. The zero-order valence-corrected chi connectivity index (χ0v) is 45.2. The molecule has 6 aromatic heterocycles. The Morgan fingerprint density at radius 3 is 1.85 bits per heavy atom. The minimum Gasteiger partial charge on any atom is -0.361 e. The summed E-state index contributed by atoms with van der Waals surface area (Å²) in [5.74, 6) is -0.296. The number of carbonyl (C=O) groups is 2. The van der Waals surface area contributed by atoms with Crippen LogP contribution >= 0.6 is 23.2 Å². The molecule has 2 aliphatic rings. The zero-order valence-electron chi connectivity index (χ0n) is 42.7. The number of aromatic nitrogens is 10. The number of carbonyl (C=O) groups excluding carboxylic acids is 2. The maximum absolute atomic E-state index is 13.6. The van der Waals surface area contributed by atoms with Crippen LogP contribution in [0.25, 0.3) is 66.9 Å². The molecule has 10 rings (SSSR count). The Bertz CT molecular complexity index is 3470. The second-order valence-corrected chi connectivity index (χ2v) is 27.2. The Labute approximate surface area is 439 Å². The predicted octanol–water partition coefficient (Wildman–Crippen LogP) is 8.04. The van der Waals surface area contributed by atoms with Gasteiger partial charge in [0.25, 0.3) is 11.8 Å². The molecule has 0 radical (unpaired) electrons. The number of nitriles is 2. The third-order valence-corrected chi connectivity index (χ3v) is 15.7. The fourth-order valence-corrected chi connectivity index (χ4v) is 10.8. The number of halogens is 2. The first-order valence-electron chi connectivity index (χ1n) is 24.8. The van der Waals surface area contributed by atoms with Crippen LogP contribution in [0.5, 0.6) is 0 Å². The van der Waals surface area contributed by atoms with Crippen molar-refractivity contribution in [3.05, 3.63) is 82.4 Å². The van der Waals surface area contributed by atoms with Crippen molar-refractivity contribution in [2.75, 3.05) is 45.9 Å². The average molecular weight is 1060 g/mol. The van der Waals surface area contributed by atoms with E-state index >= 15 is 0 Å². The average Bonchev–Trinajstić information content (AvgIpc) is 4.24. The van der Waals surface area contributed by atoms with Crippen LogP contribution in [0, 0.1) is 34.5 Å². The Balaban J connectivity index is 0.000000186. The molecule has 2 aliphatic heterocycles. The van der Waals surface area contributed by atoms with Gasteiger partial charge in [-0.15, -0.1) is 0 Å². The number of rotatable bonds is 15. The van der Waals surface area contributed by atoms with E-state index in [1.165, 1.54) is 0 Å². The van der Waals surface area contributed by atoms with Crippen LogP contribution in [0.3, 0.4) is 0 Å². The van der Waals surface area contributed by atoms with E-state index in [-0.39, 0.29) is 42.5 Å². The largest absolute Gasteiger partial charge is 0.361 e. The molecule has 0 spiro atoms. The Morgan fingerprint density at radius 1 is 0.797 bits per heavy atom. The van der Waals surface area contributed by atoms with E-state index in [4.69, 9.17) is 53.3 Å². The smallest absolute Gasteiger partial charge is 0.255 e. The first-order chi connectivity index (χ1) is 35.4. The van der Waals surface area contributed by atoms with Crippen LogP contribution in [-0.2, 0) is 25.6 Å². The maximum atomic E-state index is 13.6. The van der Waals surface area contributed by atoms with Gasteiger partial charge in [-0.1, -0.05) is 42.8 Å². The molecule has 8 aromatic rings. The van der Waals surface area contributed by atoms with E-state index < -0.39 is 8.07 Å². The number of hydrogen-bond donors (Lipinski definition) is 3. The molecular weight excluding hydrogens is 996 g/mol. The SMILES string of the molecule is CC(CN1CCC(C#N)C1)NC(=O)c1c[nH]c2ncc(-c3nn(C)c4cc(Cl)ccc34)nc12.CC(CN1CCC(C#N)C1)NC(=O)c1cn(COCC[Si](C)(C)C)c2ncc(-c3nn(C)c4cc(Cl)ccc34)nc12. The Morgan fingerprint density at radius 2 is 1.32 bits per heavy atom. The van der Waals surface area contributed by atoms with Crippen LogP contribution in [-0.4, -0.2) is 137 Å². The van der Waals surface area contributed by atoms with Crippen molar-refractivity contribution in [2.24, 2.45) is 25.9 Å². The molecule has 0 aliphatic carbocycles. The van der Waals surface area contributed by atoms with E-state index in [9.17, 15) is 14.9 Å². The number of aryl methyl sites for hydroxylation is 2. The van der Waals surface area contributed by atoms with Gasteiger partial charge < -0.3 is 24.9 Å². The van der Waals surface area contributed by atoms with Gasteiger partial charge in [0.2, 0.25) is 0 Å². The van der Waals surface area contributed by atoms with Crippen LogP contribution in [0.15, 0.2) is 61.2 Å². The summed E-state index contributed by atoms with van der Waals surface area (Å²) in [7, 11) is 2.48. The summed E-state index contributed by atoms with van der Waals surface area (Å²) in [6, 6.07) is 16.8. The van der Waals surface area contributed by atoms with Crippen LogP contribution < -0.4 is 10.6 Å². The second kappa shape index (κ2) is 22.0. The van der Waals surface area contributed by atoms with Gasteiger partial charge in [0.1, 0.15) is 40.5 Å². The lowest BCUT2D eigenvalue weighted by Gasteiger charge is -2.21. The molecule has 8 heterocycles. The molecule has 2 fully saturated rings. The summed E-state index contributed by atoms with van der Waals surface area (Å²) in [5.41, 5.74) is 7.28. The molecule has 4 atom stereocenters. The summed E-state index contributed by atoms with van der Waals surface area (Å²) in [6.07, 6.45) is 8.51. The monoisotopic (exact) mass is 1050 g/mol. The highest BCUT2D eigenvalue weighted by atomic mass is 35.5. The highest BCUT2D eigenvalue weighted by molar-refractivity contribution is 6.76. The number of hydrogen-bond acceptors (Lipinski definition) is 13. The first kappa shape index (κ1) is 52.1. The van der Waals surface area contributed by atoms with E-state index in [1.54, 1.807) is 34.2 Å². The van der Waals surface area contributed by atoms with Gasteiger partial charge >= 0.3 is 0 Å². The summed E-state index contributed by atoms with van der Waals surface area (Å²) in [6.45, 7) is 16.5. The van der Waals surface area contributed by atoms with E-state index in [1.807, 2.05) is 68.9 Å². The molecular formula is C52H60Cl2N16O3Si. The molecule has 0 saturated carbocycles. The van der Waals surface area contributed by atoms with Gasteiger partial charge in [0.05, 0.1) is 58.5 Å². The van der Waals surface area contributed by atoms with Crippen molar-refractivity contribution >= 4 is 87.2 Å². The molecule has 2 saturated heterocycles. The third kappa shape index (κ3) is 11.6. The maximum Gasteiger partial charge on any atom is 0.255 e. The van der Waals surface area contributed by atoms with Gasteiger partial charge in [-0.2, -0.15) is 20.7 Å². The minimum atomic E-state index is -1.24. The topological polar surface area (TPSA) is 229 Å². The van der Waals surface area contributed by atoms with Crippen LogP contribution in [0.4, 0.5) is 0 Å². The molecule has 2 aromatic carbocycles. The minimum absolute atomic E-state index is 0.0595. The molecule has 3 N–H and O–H groups in total. The molecule has 4 unspecified atom stereocenters. The van der Waals surface area contributed by atoms with Crippen LogP contribution in [0.1, 0.15) is 47.4 Å². The fourth-order valence-electron chi connectivity index (χ4n) is 9.67. The second-order valence-electron chi connectivity index (χ2n) is 20.7. The number of H-pyrrole nitrogens is 1. The van der Waals surface area contributed by atoms with Gasteiger partial charge in [-0.3, -0.25) is 28.8 Å². The molecule has 22 heteroatoms. The molecule has 74 heavy (non-hydrogen) atoms. The molecule has 0 bridgehead atoms. The van der Waals surface area contributed by atoms with Gasteiger partial charge in [-0.25, -0.2) is 19.9 Å². The number of amides is 2. The summed E-state index contributed by atoms with van der Waals surface area (Å²) in [4.78, 5) is 53.0. The summed E-state index contributed by atoms with van der Waals surface area (Å²) < 4.78 is 11.4. The molecule has 2 amide bonds. The summed E-state index contributed by atoms with van der Waals surface area (Å²) in [5, 5.41) is 36.9. The van der Waals surface area contributed by atoms with Crippen LogP contribution in [0.2, 0.25) is 35.7 Å². The Kier molecular flexibility index (Phi) is 15.5. The first-order valence-corrected chi connectivity index (χ1v) is 29.3. The fraction of sp³-hybridized carbons (Fsp3) is 0.423.